The smallest absolute Gasteiger partial charge is 0.296 e. The van der Waals surface area contributed by atoms with Crippen LogP contribution in [0, 0.1) is 0 Å². The van der Waals surface area contributed by atoms with Crippen molar-refractivity contribution in [2.45, 2.75) is 29.8 Å². The third-order valence-corrected chi connectivity index (χ3v) is 7.82. The number of amides is 2. The summed E-state index contributed by atoms with van der Waals surface area (Å²) < 4.78 is 76.7. The van der Waals surface area contributed by atoms with Gasteiger partial charge in [0.15, 0.2) is 12.2 Å². The Morgan fingerprint density at radius 1 is 1.19 bits per heavy atom. The maximum atomic E-state index is 13.6. The Labute approximate surface area is 215 Å². The predicted molar refractivity (Wildman–Crippen MR) is 127 cm³/mol. The Kier molecular flexibility index (Phi) is 6.88. The van der Waals surface area contributed by atoms with E-state index in [0.717, 1.165) is 12.2 Å². The number of thioether (sulfide) groups is 1. The number of para-hydroxylation sites is 1. The minimum absolute atomic E-state index is 0.0638. The van der Waals surface area contributed by atoms with Gasteiger partial charge in [0.2, 0.25) is 0 Å². The molecule has 1 N–H and O–H groups in total. The van der Waals surface area contributed by atoms with Crippen LogP contribution in [0.25, 0.3) is 10.9 Å². The maximum Gasteiger partial charge on any atom is 0.497 e. The monoisotopic (exact) mass is 562 g/mol. The van der Waals surface area contributed by atoms with Gasteiger partial charge in [-0.15, -0.1) is 0 Å². The third-order valence-electron chi connectivity index (χ3n) is 6.04. The SMILES string of the molecule is CC1(SC(F)(F)F)C(=S)C=C([N+]2(OC(=O)C(F)(F)F)CCNC2=O)C=C1Cc1ccnc2ccccc12. The van der Waals surface area contributed by atoms with Gasteiger partial charge >= 0.3 is 23.7 Å². The van der Waals surface area contributed by atoms with Crippen LogP contribution in [-0.4, -0.2) is 56.0 Å². The first-order valence-electron chi connectivity index (χ1n) is 10.7. The molecule has 196 valence electrons. The molecule has 1 aliphatic carbocycles. The highest BCUT2D eigenvalue weighted by Crippen LogP contribution is 2.49. The van der Waals surface area contributed by atoms with E-state index in [1.807, 2.05) is 0 Å². The molecule has 14 heteroatoms. The van der Waals surface area contributed by atoms with E-state index in [1.165, 1.54) is 13.1 Å². The maximum absolute atomic E-state index is 13.6. The summed E-state index contributed by atoms with van der Waals surface area (Å²) in [6.07, 6.45) is -1.87. The molecular weight excluding hydrogens is 544 g/mol. The highest BCUT2D eigenvalue weighted by molar-refractivity contribution is 8.03. The van der Waals surface area contributed by atoms with Crippen molar-refractivity contribution >= 4 is 51.7 Å². The van der Waals surface area contributed by atoms with Gasteiger partial charge in [-0.25, -0.2) is 9.59 Å². The summed E-state index contributed by atoms with van der Waals surface area (Å²) in [6.45, 7) is 0.701. The second kappa shape index (κ2) is 9.40. The molecule has 6 nitrogen and oxygen atoms in total. The van der Waals surface area contributed by atoms with Gasteiger partial charge in [-0.1, -0.05) is 30.4 Å². The number of alkyl halides is 6. The number of thiocarbonyl (C=S) groups is 1. The summed E-state index contributed by atoms with van der Waals surface area (Å²) in [5.74, 6) is -2.62. The van der Waals surface area contributed by atoms with E-state index in [1.54, 1.807) is 30.3 Å². The van der Waals surface area contributed by atoms with Gasteiger partial charge < -0.3 is 0 Å². The molecule has 1 aromatic carbocycles. The zero-order valence-corrected chi connectivity index (χ0v) is 20.6. The van der Waals surface area contributed by atoms with Crippen LogP contribution >= 0.6 is 24.0 Å². The number of pyridine rings is 1. The van der Waals surface area contributed by atoms with E-state index < -0.39 is 39.6 Å². The van der Waals surface area contributed by atoms with E-state index in [2.05, 4.69) is 15.1 Å². The second-order valence-electron chi connectivity index (χ2n) is 8.42. The van der Waals surface area contributed by atoms with E-state index in [9.17, 15) is 35.9 Å². The molecule has 0 spiro atoms. The number of allylic oxidation sites excluding steroid dienone is 2. The van der Waals surface area contributed by atoms with Gasteiger partial charge in [-0.2, -0.15) is 26.3 Å². The third kappa shape index (κ3) is 5.22. The van der Waals surface area contributed by atoms with Crippen molar-refractivity contribution in [1.29, 1.82) is 0 Å². The summed E-state index contributed by atoms with van der Waals surface area (Å²) in [7, 11) is 0. The quantitative estimate of drug-likeness (QED) is 0.293. The summed E-state index contributed by atoms with van der Waals surface area (Å²) in [6, 6.07) is 7.46. The molecule has 0 saturated carbocycles. The lowest BCUT2D eigenvalue weighted by Crippen LogP contribution is -2.54. The molecule has 1 aliphatic heterocycles. The number of quaternary nitrogens is 1. The van der Waals surface area contributed by atoms with Gasteiger partial charge in [0, 0.05) is 28.6 Å². The number of hydroxylamine groups is 3. The molecule has 1 saturated heterocycles. The lowest BCUT2D eigenvalue weighted by Gasteiger charge is -2.37. The van der Waals surface area contributed by atoms with E-state index >= 15 is 0 Å². The molecule has 2 aromatic rings. The Morgan fingerprint density at radius 3 is 2.51 bits per heavy atom. The van der Waals surface area contributed by atoms with Crippen molar-refractivity contribution < 1.29 is 45.4 Å². The number of rotatable bonds is 5. The first-order valence-corrected chi connectivity index (χ1v) is 11.9. The Morgan fingerprint density at radius 2 is 1.89 bits per heavy atom. The highest BCUT2D eigenvalue weighted by Gasteiger charge is 2.57. The number of halogens is 6. The van der Waals surface area contributed by atoms with Gasteiger partial charge in [0.1, 0.15) is 0 Å². The molecular formula is C23H18F6N3O3S2+. The number of fused-ring (bicyclic) bond motifs is 1. The minimum atomic E-state index is -5.41. The molecule has 2 unspecified atom stereocenters. The zero-order valence-electron chi connectivity index (χ0n) is 18.9. The fourth-order valence-corrected chi connectivity index (χ4v) is 5.47. The number of hydrogen-bond donors (Lipinski definition) is 1. The van der Waals surface area contributed by atoms with Gasteiger partial charge in [0.25, 0.3) is 0 Å². The first kappa shape index (κ1) is 27.1. The molecule has 2 atom stereocenters. The summed E-state index contributed by atoms with van der Waals surface area (Å²) in [5, 5.41) is 2.96. The summed E-state index contributed by atoms with van der Waals surface area (Å²) in [5.41, 5.74) is -3.77. The van der Waals surface area contributed by atoms with E-state index in [-0.39, 0.29) is 40.9 Å². The number of urea groups is 1. The first-order chi connectivity index (χ1) is 17.2. The standard InChI is InChI=1S/C23H17F6N3O3S2/c1-21(37-23(27,28)29)14(10-13-6-7-30-17-5-3-2-4-16(13)17)11-15(12-18(21)36)32(9-8-31-20(32)34)35-19(33)22(24,25)26/h2-7,11-12H,8-10H2,1H3/p+1. The molecule has 37 heavy (non-hydrogen) atoms. The second-order valence-corrected chi connectivity index (χ2v) is 10.3. The molecule has 1 aromatic heterocycles. The Balaban J connectivity index is 1.86. The van der Waals surface area contributed by atoms with Crippen molar-refractivity contribution in [3.8, 4) is 0 Å². The van der Waals surface area contributed by atoms with E-state index in [4.69, 9.17) is 12.2 Å². The van der Waals surface area contributed by atoms with Crippen molar-refractivity contribution in [1.82, 2.24) is 10.3 Å². The fourth-order valence-electron chi connectivity index (χ4n) is 4.21. The summed E-state index contributed by atoms with van der Waals surface area (Å²) in [4.78, 5) is 33.0. The predicted octanol–water partition coefficient (Wildman–Crippen LogP) is 5.54. The van der Waals surface area contributed by atoms with Gasteiger partial charge in [0.05, 0.1) is 16.8 Å². The lowest BCUT2D eigenvalue weighted by atomic mass is 9.85. The van der Waals surface area contributed by atoms with Crippen molar-refractivity contribution in [3.63, 3.8) is 0 Å². The average molecular weight is 563 g/mol. The normalized spacial score (nSPS) is 24.5. The molecule has 2 amide bonds. The van der Waals surface area contributed by atoms with Crippen LogP contribution in [-0.2, 0) is 16.1 Å². The largest absolute Gasteiger partial charge is 0.497 e. The summed E-state index contributed by atoms with van der Waals surface area (Å²) >= 11 is 4.95. The van der Waals surface area contributed by atoms with Crippen molar-refractivity contribution in [2.24, 2.45) is 0 Å². The van der Waals surface area contributed by atoms with E-state index in [0.29, 0.717) is 16.5 Å². The number of nitrogens with one attached hydrogen (secondary N) is 1. The topological polar surface area (TPSA) is 68.3 Å². The highest BCUT2D eigenvalue weighted by atomic mass is 32.2. The molecule has 1 fully saturated rings. The number of benzene rings is 1. The zero-order chi connectivity index (χ0) is 27.2. The van der Waals surface area contributed by atoms with Gasteiger partial charge in [-0.3, -0.25) is 15.1 Å². The number of carbonyl (C=O) groups is 2. The van der Waals surface area contributed by atoms with Crippen LogP contribution in [0.1, 0.15) is 12.5 Å². The average Bonchev–Trinajstić information content (AvgIpc) is 3.16. The van der Waals surface area contributed by atoms with Crippen molar-refractivity contribution in [2.75, 3.05) is 13.1 Å². The van der Waals surface area contributed by atoms with Crippen LogP contribution in [0.3, 0.4) is 0 Å². The fraction of sp³-hybridized carbons (Fsp3) is 0.304. The molecule has 0 bridgehead atoms. The Hall–Kier alpha value is -2.97. The number of carbonyl (C=O) groups excluding carboxylic acids is 2. The number of hydrogen-bond acceptors (Lipinski definition) is 6. The number of nitrogens with zero attached hydrogens (tertiary/aromatic N) is 2. The molecule has 2 heterocycles. The van der Waals surface area contributed by atoms with Gasteiger partial charge in [-0.05, 0) is 53.0 Å². The van der Waals surface area contributed by atoms with Crippen LogP contribution in [0.15, 0.2) is 60.0 Å². The molecule has 0 radical (unpaired) electrons. The molecule has 2 aliphatic rings. The molecule has 4 rings (SSSR count). The van der Waals surface area contributed by atoms with Crippen molar-refractivity contribution in [3.05, 3.63) is 65.5 Å². The van der Waals surface area contributed by atoms with Crippen LogP contribution < -0.4 is 5.32 Å². The lowest BCUT2D eigenvalue weighted by molar-refractivity contribution is -0.984. The minimum Gasteiger partial charge on any atom is -0.296 e. The van der Waals surface area contributed by atoms with Crippen LogP contribution in [0.2, 0.25) is 0 Å². The van der Waals surface area contributed by atoms with Crippen LogP contribution in [0.4, 0.5) is 31.1 Å². The Bertz CT molecular complexity index is 1350. The van der Waals surface area contributed by atoms with Crippen LogP contribution in [0.5, 0.6) is 0 Å². The number of aromatic nitrogens is 1.